The van der Waals surface area contributed by atoms with Gasteiger partial charge in [0.2, 0.25) is 0 Å². The Kier molecular flexibility index (Phi) is 5.98. The van der Waals surface area contributed by atoms with E-state index in [1.165, 1.54) is 24.8 Å². The normalized spacial score (nSPS) is 17.6. The van der Waals surface area contributed by atoms with Crippen molar-refractivity contribution < 1.29 is 0 Å². The number of rotatable bonds is 5. The molecule has 5 aromatic heterocycles. The molecule has 0 atom stereocenters. The molecule has 7 heterocycles. The van der Waals surface area contributed by atoms with Gasteiger partial charge in [-0.05, 0) is 62.8 Å². The van der Waals surface area contributed by atoms with Crippen molar-refractivity contribution in [3.05, 3.63) is 48.4 Å². The summed E-state index contributed by atoms with van der Waals surface area (Å²) in [6.45, 7) is 7.16. The molecule has 2 aliphatic rings. The van der Waals surface area contributed by atoms with Crippen LogP contribution in [0.25, 0.3) is 44.8 Å². The lowest BCUT2D eigenvalue weighted by Crippen LogP contribution is -2.44. The van der Waals surface area contributed by atoms with E-state index in [-0.39, 0.29) is 0 Å². The van der Waals surface area contributed by atoms with Crippen LogP contribution < -0.4 is 4.90 Å². The Bertz CT molecular complexity index is 1570. The molecule has 5 aromatic rings. The fourth-order valence-electron chi connectivity index (χ4n) is 5.60. The lowest BCUT2D eigenvalue weighted by molar-refractivity contribution is 0.220. The van der Waals surface area contributed by atoms with E-state index < -0.39 is 0 Å². The van der Waals surface area contributed by atoms with Gasteiger partial charge in [0.05, 0.1) is 16.7 Å². The Morgan fingerprint density at radius 1 is 0.868 bits per heavy atom. The molecule has 10 heteroatoms. The molecular weight excluding hydrogens is 476 g/mol. The molecule has 2 aliphatic heterocycles. The van der Waals surface area contributed by atoms with Gasteiger partial charge in [0, 0.05) is 56.9 Å². The maximum Gasteiger partial charge on any atom is 0.161 e. The Labute approximate surface area is 221 Å². The van der Waals surface area contributed by atoms with E-state index >= 15 is 0 Å². The molecule has 0 unspecified atom stereocenters. The van der Waals surface area contributed by atoms with Gasteiger partial charge in [0.25, 0.3) is 0 Å². The summed E-state index contributed by atoms with van der Waals surface area (Å²) in [5.41, 5.74) is 7.31. The van der Waals surface area contributed by atoms with Crippen molar-refractivity contribution in [2.75, 3.05) is 51.2 Å². The summed E-state index contributed by atoms with van der Waals surface area (Å²) in [5, 5.41) is 7.73. The quantitative estimate of drug-likeness (QED) is 0.370. The predicted octanol–water partition coefficient (Wildman–Crippen LogP) is 3.70. The highest BCUT2D eigenvalue weighted by atomic mass is 15.3. The maximum absolute atomic E-state index is 5.02. The van der Waals surface area contributed by atoms with Gasteiger partial charge in [-0.25, -0.2) is 15.0 Å². The Balaban J connectivity index is 1.22. The highest BCUT2D eigenvalue weighted by Crippen LogP contribution is 2.30. The van der Waals surface area contributed by atoms with Gasteiger partial charge in [-0.15, -0.1) is 0 Å². The monoisotopic (exact) mass is 508 g/mol. The third-order valence-electron chi connectivity index (χ3n) is 7.76. The number of hydrogen-bond acceptors (Lipinski definition) is 8. The van der Waals surface area contributed by atoms with E-state index in [0.29, 0.717) is 11.5 Å². The van der Waals surface area contributed by atoms with E-state index in [1.807, 2.05) is 36.8 Å². The first-order valence-electron chi connectivity index (χ1n) is 13.5. The predicted molar refractivity (Wildman–Crippen MR) is 149 cm³/mol. The highest BCUT2D eigenvalue weighted by Gasteiger charge is 2.21. The second-order valence-corrected chi connectivity index (χ2v) is 10.5. The van der Waals surface area contributed by atoms with Crippen LogP contribution in [-0.2, 0) is 6.54 Å². The van der Waals surface area contributed by atoms with Crippen LogP contribution in [0.2, 0.25) is 0 Å². The number of nitrogens with one attached hydrogen (secondary N) is 2. The van der Waals surface area contributed by atoms with Gasteiger partial charge in [-0.1, -0.05) is 6.42 Å². The minimum atomic E-state index is 0.691. The third kappa shape index (κ3) is 4.39. The summed E-state index contributed by atoms with van der Waals surface area (Å²) in [4.78, 5) is 29.8. The number of likely N-dealkylation sites (N-methyl/N-ethyl adjacent to an activating group) is 1. The zero-order valence-corrected chi connectivity index (χ0v) is 21.7. The number of fused-ring (bicyclic) bond motifs is 2. The van der Waals surface area contributed by atoms with E-state index in [2.05, 4.69) is 53.0 Å². The molecule has 0 spiro atoms. The average molecular weight is 509 g/mol. The molecule has 2 saturated heterocycles. The summed E-state index contributed by atoms with van der Waals surface area (Å²) in [6, 6.07) is 8.24. The van der Waals surface area contributed by atoms with Crippen molar-refractivity contribution in [2.45, 2.75) is 25.8 Å². The van der Waals surface area contributed by atoms with Crippen LogP contribution in [0.3, 0.4) is 0 Å². The van der Waals surface area contributed by atoms with E-state index in [4.69, 9.17) is 9.97 Å². The second kappa shape index (κ2) is 9.77. The summed E-state index contributed by atoms with van der Waals surface area (Å²) in [7, 11) is 2.16. The zero-order chi connectivity index (χ0) is 25.5. The van der Waals surface area contributed by atoms with E-state index in [9.17, 15) is 0 Å². The van der Waals surface area contributed by atoms with Gasteiger partial charge in [-0.2, -0.15) is 5.10 Å². The van der Waals surface area contributed by atoms with Crippen molar-refractivity contribution in [3.8, 4) is 22.8 Å². The van der Waals surface area contributed by atoms with Crippen molar-refractivity contribution in [1.29, 1.82) is 0 Å². The van der Waals surface area contributed by atoms with Crippen molar-refractivity contribution in [1.82, 2.24) is 44.9 Å². The Hall–Kier alpha value is -3.89. The molecule has 7 rings (SSSR count). The summed E-state index contributed by atoms with van der Waals surface area (Å²) < 4.78 is 0. The molecule has 0 amide bonds. The molecule has 0 bridgehead atoms. The maximum atomic E-state index is 5.02. The van der Waals surface area contributed by atoms with Crippen LogP contribution in [0.4, 0.5) is 5.82 Å². The van der Waals surface area contributed by atoms with Crippen LogP contribution in [0.15, 0.2) is 42.9 Å². The SMILES string of the molecule is CN1CCN(c2nccc3[nH]c(-c4n[nH]c5ccc(-c6cncc(CN7CCCCC7)c6)nc45)nc23)CC1. The minimum absolute atomic E-state index is 0.691. The van der Waals surface area contributed by atoms with E-state index in [0.717, 1.165) is 85.0 Å². The number of nitrogens with zero attached hydrogens (tertiary/aromatic N) is 8. The number of hydrogen-bond donors (Lipinski definition) is 2. The van der Waals surface area contributed by atoms with Gasteiger partial charge in [0.15, 0.2) is 17.3 Å². The van der Waals surface area contributed by atoms with E-state index in [1.54, 1.807) is 0 Å². The van der Waals surface area contributed by atoms with Crippen LogP contribution in [-0.4, -0.2) is 91.2 Å². The molecular formula is C28H32N10. The molecule has 0 aromatic carbocycles. The molecule has 2 fully saturated rings. The number of H-pyrrole nitrogens is 2. The Morgan fingerprint density at radius 3 is 2.61 bits per heavy atom. The first-order chi connectivity index (χ1) is 18.7. The second-order valence-electron chi connectivity index (χ2n) is 10.5. The average Bonchev–Trinajstić information content (AvgIpc) is 3.58. The highest BCUT2D eigenvalue weighted by molar-refractivity contribution is 5.94. The van der Waals surface area contributed by atoms with Crippen molar-refractivity contribution >= 4 is 27.9 Å². The summed E-state index contributed by atoms with van der Waals surface area (Å²) in [6.07, 6.45) is 9.61. The van der Waals surface area contributed by atoms with Crippen LogP contribution in [0, 0.1) is 0 Å². The number of anilines is 1. The van der Waals surface area contributed by atoms with Crippen LogP contribution in [0.1, 0.15) is 24.8 Å². The van der Waals surface area contributed by atoms with Crippen LogP contribution in [0.5, 0.6) is 0 Å². The topological polar surface area (TPSA) is 106 Å². The standard InChI is InChI=1S/C28H32N10/c1-36-11-13-38(14-12-36)28-25-22(7-8-30-28)32-27(33-25)26-24-23(34-35-26)6-5-21(31-24)20-15-19(16-29-17-20)18-37-9-3-2-4-10-37/h5-8,15-17H,2-4,9-14,18H2,1H3,(H,32,33)(H,34,35). The van der Waals surface area contributed by atoms with Crippen LogP contribution >= 0.6 is 0 Å². The lowest BCUT2D eigenvalue weighted by Gasteiger charge is -2.33. The van der Waals surface area contributed by atoms with Crippen molar-refractivity contribution in [2.24, 2.45) is 0 Å². The zero-order valence-electron chi connectivity index (χ0n) is 21.7. The minimum Gasteiger partial charge on any atom is -0.352 e. The first kappa shape index (κ1) is 23.2. The number of piperazine rings is 1. The smallest absolute Gasteiger partial charge is 0.161 e. The number of imidazole rings is 1. The number of piperidine rings is 1. The summed E-state index contributed by atoms with van der Waals surface area (Å²) >= 11 is 0. The number of aromatic amines is 2. The molecule has 10 nitrogen and oxygen atoms in total. The molecule has 0 saturated carbocycles. The van der Waals surface area contributed by atoms with Crippen molar-refractivity contribution in [3.63, 3.8) is 0 Å². The van der Waals surface area contributed by atoms with Gasteiger partial charge in [0.1, 0.15) is 11.0 Å². The fraction of sp³-hybridized carbons (Fsp3) is 0.393. The van der Waals surface area contributed by atoms with Gasteiger partial charge >= 0.3 is 0 Å². The third-order valence-corrected chi connectivity index (χ3v) is 7.76. The number of likely N-dealkylation sites (tertiary alicyclic amines) is 1. The number of aromatic nitrogens is 7. The lowest BCUT2D eigenvalue weighted by atomic mass is 10.1. The molecule has 2 N–H and O–H groups in total. The number of pyridine rings is 3. The van der Waals surface area contributed by atoms with Gasteiger partial charge < -0.3 is 14.8 Å². The fourth-order valence-corrected chi connectivity index (χ4v) is 5.60. The molecule has 194 valence electrons. The molecule has 38 heavy (non-hydrogen) atoms. The Morgan fingerprint density at radius 2 is 1.74 bits per heavy atom. The molecule has 0 aliphatic carbocycles. The van der Waals surface area contributed by atoms with Gasteiger partial charge in [-0.3, -0.25) is 15.0 Å². The largest absolute Gasteiger partial charge is 0.352 e. The summed E-state index contributed by atoms with van der Waals surface area (Å²) in [5.74, 6) is 1.61. The first-order valence-corrected chi connectivity index (χ1v) is 13.5. The molecule has 0 radical (unpaired) electrons.